The van der Waals surface area contributed by atoms with Crippen molar-refractivity contribution in [2.24, 2.45) is 0 Å². The number of nitrogens with one attached hydrogen (secondary N) is 1. The van der Waals surface area contributed by atoms with Crippen molar-refractivity contribution in [2.75, 3.05) is 0 Å². The number of carbonyl (C=O) groups is 1. The first-order valence-corrected chi connectivity index (χ1v) is 6.19. The Labute approximate surface area is 103 Å². The summed E-state index contributed by atoms with van der Waals surface area (Å²) < 4.78 is 5.66. The molecule has 0 aliphatic rings. The highest BCUT2D eigenvalue weighted by molar-refractivity contribution is 5.81. The summed E-state index contributed by atoms with van der Waals surface area (Å²) in [6, 6.07) is 9.63. The van der Waals surface area contributed by atoms with Gasteiger partial charge in [-0.05, 0) is 31.9 Å². The minimum Gasteiger partial charge on any atom is -0.481 e. The van der Waals surface area contributed by atoms with Gasteiger partial charge in [-0.25, -0.2) is 0 Å². The number of benzene rings is 1. The van der Waals surface area contributed by atoms with Gasteiger partial charge in [0.05, 0.1) is 0 Å². The van der Waals surface area contributed by atoms with E-state index in [2.05, 4.69) is 5.32 Å². The number of carbonyl (C=O) groups excluding carboxylic acids is 1. The average molecular weight is 235 g/mol. The normalized spacial score (nSPS) is 13.8. The van der Waals surface area contributed by atoms with E-state index in [1.807, 2.05) is 51.1 Å². The molecule has 0 saturated heterocycles. The molecule has 0 unspecified atom stereocenters. The minimum absolute atomic E-state index is 0.0364. The Morgan fingerprint density at radius 2 is 1.88 bits per heavy atom. The fourth-order valence-corrected chi connectivity index (χ4v) is 1.42. The maximum absolute atomic E-state index is 11.9. The SMILES string of the molecule is CC[C@H](Oc1ccccc1)C(=O)N[C@@H](C)CC. The second kappa shape index (κ2) is 6.94. The number of ether oxygens (including phenoxy) is 1. The van der Waals surface area contributed by atoms with Crippen molar-refractivity contribution in [1.29, 1.82) is 0 Å². The molecule has 0 fully saturated rings. The zero-order valence-electron chi connectivity index (χ0n) is 10.8. The lowest BCUT2D eigenvalue weighted by Gasteiger charge is -2.19. The van der Waals surface area contributed by atoms with Crippen LogP contribution in [0.15, 0.2) is 30.3 Å². The molecule has 1 aromatic carbocycles. The Morgan fingerprint density at radius 3 is 2.41 bits per heavy atom. The van der Waals surface area contributed by atoms with E-state index in [9.17, 15) is 4.79 Å². The van der Waals surface area contributed by atoms with Crippen molar-refractivity contribution in [1.82, 2.24) is 5.32 Å². The van der Waals surface area contributed by atoms with Gasteiger partial charge in [0.2, 0.25) is 0 Å². The Hall–Kier alpha value is -1.51. The van der Waals surface area contributed by atoms with Crippen LogP contribution in [0.4, 0.5) is 0 Å². The molecule has 0 aromatic heterocycles. The van der Waals surface area contributed by atoms with Crippen LogP contribution in [0.5, 0.6) is 5.75 Å². The topological polar surface area (TPSA) is 38.3 Å². The van der Waals surface area contributed by atoms with Crippen molar-refractivity contribution < 1.29 is 9.53 Å². The Balaban J connectivity index is 2.56. The molecule has 94 valence electrons. The zero-order valence-corrected chi connectivity index (χ0v) is 10.8. The Kier molecular flexibility index (Phi) is 5.53. The molecular weight excluding hydrogens is 214 g/mol. The molecule has 0 bridgehead atoms. The minimum atomic E-state index is -0.411. The van der Waals surface area contributed by atoms with Crippen LogP contribution in [0, 0.1) is 0 Å². The molecule has 0 spiro atoms. The standard InChI is InChI=1S/C14H21NO2/c1-4-11(3)15-14(16)13(5-2)17-12-9-7-6-8-10-12/h6-11,13H,4-5H2,1-3H3,(H,15,16)/t11-,13-/m0/s1. The van der Waals surface area contributed by atoms with Crippen LogP contribution in [-0.2, 0) is 4.79 Å². The van der Waals surface area contributed by atoms with E-state index in [1.54, 1.807) is 0 Å². The molecule has 3 nitrogen and oxygen atoms in total. The molecule has 0 aliphatic carbocycles. The van der Waals surface area contributed by atoms with E-state index in [1.165, 1.54) is 0 Å². The number of hydrogen-bond acceptors (Lipinski definition) is 2. The van der Waals surface area contributed by atoms with Crippen LogP contribution in [-0.4, -0.2) is 18.1 Å². The van der Waals surface area contributed by atoms with Gasteiger partial charge < -0.3 is 10.1 Å². The summed E-state index contributed by atoms with van der Waals surface area (Å²) in [5.74, 6) is 0.698. The molecule has 0 radical (unpaired) electrons. The molecule has 1 N–H and O–H groups in total. The first kappa shape index (κ1) is 13.6. The third kappa shape index (κ3) is 4.47. The second-order valence-electron chi connectivity index (χ2n) is 4.15. The molecule has 3 heteroatoms. The summed E-state index contributed by atoms with van der Waals surface area (Å²) >= 11 is 0. The molecule has 2 atom stereocenters. The van der Waals surface area contributed by atoms with Gasteiger partial charge in [0.25, 0.3) is 5.91 Å². The van der Waals surface area contributed by atoms with Gasteiger partial charge in [-0.1, -0.05) is 32.0 Å². The maximum Gasteiger partial charge on any atom is 0.261 e. The fourth-order valence-electron chi connectivity index (χ4n) is 1.42. The average Bonchev–Trinajstić information content (AvgIpc) is 2.36. The summed E-state index contributed by atoms with van der Waals surface area (Å²) in [4.78, 5) is 11.9. The predicted octanol–water partition coefficient (Wildman–Crippen LogP) is 2.76. The number of rotatable bonds is 6. The largest absolute Gasteiger partial charge is 0.481 e. The monoisotopic (exact) mass is 235 g/mol. The van der Waals surface area contributed by atoms with Crippen molar-refractivity contribution in [3.05, 3.63) is 30.3 Å². The van der Waals surface area contributed by atoms with Gasteiger partial charge >= 0.3 is 0 Å². The van der Waals surface area contributed by atoms with Crippen LogP contribution in [0.2, 0.25) is 0 Å². The summed E-state index contributed by atoms with van der Waals surface area (Å²) in [6.45, 7) is 5.99. The van der Waals surface area contributed by atoms with Crippen molar-refractivity contribution in [3.8, 4) is 5.75 Å². The highest BCUT2D eigenvalue weighted by Crippen LogP contribution is 2.12. The molecule has 1 amide bonds. The highest BCUT2D eigenvalue weighted by Gasteiger charge is 2.19. The summed E-state index contributed by atoms with van der Waals surface area (Å²) in [5, 5.41) is 2.94. The molecule has 0 aliphatic heterocycles. The number of amides is 1. The molecule has 17 heavy (non-hydrogen) atoms. The second-order valence-corrected chi connectivity index (χ2v) is 4.15. The van der Waals surface area contributed by atoms with E-state index < -0.39 is 6.10 Å². The quantitative estimate of drug-likeness (QED) is 0.823. The molecule has 0 saturated carbocycles. The maximum atomic E-state index is 11.9. The smallest absolute Gasteiger partial charge is 0.261 e. The third-order valence-electron chi connectivity index (χ3n) is 2.69. The summed E-state index contributed by atoms with van der Waals surface area (Å²) in [7, 11) is 0. The lowest BCUT2D eigenvalue weighted by molar-refractivity contribution is -0.128. The first-order chi connectivity index (χ1) is 8.17. The lowest BCUT2D eigenvalue weighted by Crippen LogP contribution is -2.42. The zero-order chi connectivity index (χ0) is 12.7. The Morgan fingerprint density at radius 1 is 1.24 bits per heavy atom. The Bertz CT molecular complexity index is 337. The van der Waals surface area contributed by atoms with Crippen LogP contribution >= 0.6 is 0 Å². The predicted molar refractivity (Wildman–Crippen MR) is 69.0 cm³/mol. The summed E-state index contributed by atoms with van der Waals surface area (Å²) in [6.07, 6.45) is 1.18. The van der Waals surface area contributed by atoms with Crippen LogP contribution in [0.1, 0.15) is 33.6 Å². The van der Waals surface area contributed by atoms with E-state index in [0.717, 1.165) is 12.2 Å². The van der Waals surface area contributed by atoms with Crippen molar-refractivity contribution in [3.63, 3.8) is 0 Å². The number of hydrogen-bond donors (Lipinski definition) is 1. The van der Waals surface area contributed by atoms with Gasteiger partial charge in [0.15, 0.2) is 6.10 Å². The fraction of sp³-hybridized carbons (Fsp3) is 0.500. The van der Waals surface area contributed by atoms with Gasteiger partial charge in [-0.3, -0.25) is 4.79 Å². The van der Waals surface area contributed by atoms with Crippen LogP contribution < -0.4 is 10.1 Å². The molecule has 1 aromatic rings. The molecular formula is C14H21NO2. The van der Waals surface area contributed by atoms with Gasteiger partial charge in [0, 0.05) is 6.04 Å². The van der Waals surface area contributed by atoms with E-state index >= 15 is 0 Å². The molecule has 1 rings (SSSR count). The first-order valence-electron chi connectivity index (χ1n) is 6.19. The third-order valence-corrected chi connectivity index (χ3v) is 2.69. The summed E-state index contributed by atoms with van der Waals surface area (Å²) in [5.41, 5.74) is 0. The van der Waals surface area contributed by atoms with Crippen LogP contribution in [0.3, 0.4) is 0 Å². The van der Waals surface area contributed by atoms with Crippen molar-refractivity contribution in [2.45, 2.75) is 45.8 Å². The van der Waals surface area contributed by atoms with E-state index in [-0.39, 0.29) is 11.9 Å². The number of para-hydroxylation sites is 1. The van der Waals surface area contributed by atoms with Crippen molar-refractivity contribution >= 4 is 5.91 Å². The van der Waals surface area contributed by atoms with E-state index in [4.69, 9.17) is 4.74 Å². The molecule has 0 heterocycles. The van der Waals surface area contributed by atoms with Gasteiger partial charge in [-0.2, -0.15) is 0 Å². The van der Waals surface area contributed by atoms with Gasteiger partial charge in [-0.15, -0.1) is 0 Å². The van der Waals surface area contributed by atoms with E-state index in [0.29, 0.717) is 6.42 Å². The van der Waals surface area contributed by atoms with Crippen LogP contribution in [0.25, 0.3) is 0 Å². The highest BCUT2D eigenvalue weighted by atomic mass is 16.5. The van der Waals surface area contributed by atoms with Gasteiger partial charge in [0.1, 0.15) is 5.75 Å². The lowest BCUT2D eigenvalue weighted by atomic mass is 10.2.